The summed E-state index contributed by atoms with van der Waals surface area (Å²) < 4.78 is 86.9. The van der Waals surface area contributed by atoms with Crippen molar-refractivity contribution in [2.45, 2.75) is 38.2 Å². The Kier molecular flexibility index (Phi) is 7.19. The van der Waals surface area contributed by atoms with E-state index in [-0.39, 0.29) is 12.7 Å². The van der Waals surface area contributed by atoms with Crippen molar-refractivity contribution in [1.29, 1.82) is 0 Å². The van der Waals surface area contributed by atoms with Gasteiger partial charge in [-0.1, -0.05) is 30.3 Å². The number of benzene rings is 2. The molecule has 0 aliphatic heterocycles. The molecule has 164 valence electrons. The second-order valence-electron chi connectivity index (χ2n) is 6.24. The first-order valence-corrected chi connectivity index (χ1v) is 8.47. The average molecular weight is 437 g/mol. The molecule has 11 heteroatoms. The fourth-order valence-corrected chi connectivity index (χ4v) is 2.26. The van der Waals surface area contributed by atoms with Crippen molar-refractivity contribution in [1.82, 2.24) is 5.32 Å². The smallest absolute Gasteiger partial charge is 0.416 e. The number of rotatable bonds is 6. The average Bonchev–Trinajstić information content (AvgIpc) is 2.65. The van der Waals surface area contributed by atoms with Crippen molar-refractivity contribution in [3.63, 3.8) is 0 Å². The van der Waals surface area contributed by atoms with Gasteiger partial charge in [0.2, 0.25) is 6.29 Å². The molecule has 5 nitrogen and oxygen atoms in total. The summed E-state index contributed by atoms with van der Waals surface area (Å²) in [7, 11) is 0. The zero-order chi connectivity index (χ0) is 22.5. The van der Waals surface area contributed by atoms with Crippen molar-refractivity contribution in [3.05, 3.63) is 65.2 Å². The number of aliphatic hydroxyl groups is 1. The van der Waals surface area contributed by atoms with E-state index >= 15 is 0 Å². The van der Waals surface area contributed by atoms with Gasteiger partial charge < -0.3 is 19.9 Å². The van der Waals surface area contributed by atoms with Crippen LogP contribution in [0.3, 0.4) is 0 Å². The number of alkyl carbamates (subject to hydrolysis) is 1. The Morgan fingerprint density at radius 2 is 1.53 bits per heavy atom. The van der Waals surface area contributed by atoms with Crippen molar-refractivity contribution >= 4 is 6.09 Å². The van der Waals surface area contributed by atoms with E-state index in [1.165, 1.54) is 6.92 Å². The van der Waals surface area contributed by atoms with Crippen molar-refractivity contribution in [3.8, 4) is 5.75 Å². The minimum Gasteiger partial charge on any atom is -0.463 e. The molecule has 0 saturated heterocycles. The first-order valence-electron chi connectivity index (χ1n) is 8.47. The molecule has 0 bridgehead atoms. The largest absolute Gasteiger partial charge is 0.463 e. The van der Waals surface area contributed by atoms with Crippen LogP contribution in [-0.2, 0) is 23.7 Å². The minimum absolute atomic E-state index is 0.0676. The van der Waals surface area contributed by atoms with Crippen molar-refractivity contribution in [2.75, 3.05) is 0 Å². The number of halogens is 6. The van der Waals surface area contributed by atoms with Gasteiger partial charge in [0.1, 0.15) is 12.4 Å². The lowest BCUT2D eigenvalue weighted by molar-refractivity contribution is -0.143. The van der Waals surface area contributed by atoms with E-state index in [0.29, 0.717) is 17.7 Å². The normalized spacial score (nSPS) is 14.0. The summed E-state index contributed by atoms with van der Waals surface area (Å²) in [6.07, 6.45) is -13.0. The standard InChI is InChI=1S/C19H17F6NO4/c1-11(26-17(28)29-10-12-5-3-2-4-6-12)16(27)30-15-8-13(18(20,21)22)7-14(9-15)19(23,24)25/h2-9,11,16,27H,10H2,1H3,(H,26,28)/t11-,16?/m1/s1. The minimum atomic E-state index is -5.06. The number of carbonyl (C=O) groups excluding carboxylic acids is 1. The molecule has 0 aliphatic rings. The third kappa shape index (κ3) is 6.83. The number of ether oxygens (including phenoxy) is 2. The molecule has 2 atom stereocenters. The molecule has 1 unspecified atom stereocenters. The lowest BCUT2D eigenvalue weighted by Crippen LogP contribution is -2.44. The van der Waals surface area contributed by atoms with E-state index in [9.17, 15) is 36.2 Å². The summed E-state index contributed by atoms with van der Waals surface area (Å²) in [5, 5.41) is 12.1. The lowest BCUT2D eigenvalue weighted by atomic mass is 10.1. The summed E-state index contributed by atoms with van der Waals surface area (Å²) in [5.41, 5.74) is -2.51. The Morgan fingerprint density at radius 1 is 1.00 bits per heavy atom. The molecule has 0 saturated carbocycles. The maximum absolute atomic E-state index is 12.9. The summed E-state index contributed by atoms with van der Waals surface area (Å²) in [6.45, 7) is 1.14. The zero-order valence-electron chi connectivity index (χ0n) is 15.4. The maximum atomic E-state index is 12.9. The van der Waals surface area contributed by atoms with Crippen LogP contribution in [0.4, 0.5) is 31.1 Å². The molecular weight excluding hydrogens is 420 g/mol. The number of hydrogen-bond acceptors (Lipinski definition) is 4. The first kappa shape index (κ1) is 23.3. The van der Waals surface area contributed by atoms with E-state index < -0.39 is 47.7 Å². The van der Waals surface area contributed by atoms with Gasteiger partial charge in [0.05, 0.1) is 17.2 Å². The number of carbonyl (C=O) groups is 1. The van der Waals surface area contributed by atoms with Crippen molar-refractivity contribution < 1.29 is 45.7 Å². The Bertz CT molecular complexity index is 822. The van der Waals surface area contributed by atoms with Gasteiger partial charge in [-0.3, -0.25) is 0 Å². The van der Waals surface area contributed by atoms with E-state index in [1.807, 2.05) is 0 Å². The molecule has 0 fully saturated rings. The number of aliphatic hydroxyl groups excluding tert-OH is 1. The third-order valence-electron chi connectivity index (χ3n) is 3.80. The van der Waals surface area contributed by atoms with Crippen LogP contribution in [0.1, 0.15) is 23.6 Å². The topological polar surface area (TPSA) is 67.8 Å². The monoisotopic (exact) mass is 437 g/mol. The second kappa shape index (κ2) is 9.24. The summed E-state index contributed by atoms with van der Waals surface area (Å²) in [4.78, 5) is 11.8. The van der Waals surface area contributed by atoms with Gasteiger partial charge in [-0.05, 0) is 30.7 Å². The fraction of sp³-hybridized carbons (Fsp3) is 0.316. The highest BCUT2D eigenvalue weighted by atomic mass is 19.4. The number of alkyl halides is 6. The SMILES string of the molecule is C[C@@H](NC(=O)OCc1ccccc1)C(O)Oc1cc(C(F)(F)F)cc(C(F)(F)F)c1. The van der Waals surface area contributed by atoms with Crippen LogP contribution in [0.15, 0.2) is 48.5 Å². The van der Waals surface area contributed by atoms with Gasteiger partial charge in [-0.2, -0.15) is 26.3 Å². The van der Waals surface area contributed by atoms with Crippen LogP contribution in [0.2, 0.25) is 0 Å². The summed E-state index contributed by atoms with van der Waals surface area (Å²) in [6, 6.07) is 7.96. The van der Waals surface area contributed by atoms with E-state index in [1.54, 1.807) is 30.3 Å². The molecule has 0 heterocycles. The number of hydrogen-bond donors (Lipinski definition) is 2. The molecule has 2 aromatic rings. The second-order valence-corrected chi connectivity index (χ2v) is 6.24. The highest BCUT2D eigenvalue weighted by Crippen LogP contribution is 2.38. The predicted molar refractivity (Wildman–Crippen MR) is 92.3 cm³/mol. The zero-order valence-corrected chi connectivity index (χ0v) is 15.4. The first-order chi connectivity index (χ1) is 13.9. The molecular formula is C19H17F6NO4. The molecule has 2 aromatic carbocycles. The molecule has 2 N–H and O–H groups in total. The van der Waals surface area contributed by atoms with Crippen molar-refractivity contribution in [2.24, 2.45) is 0 Å². The fourth-order valence-electron chi connectivity index (χ4n) is 2.26. The number of amides is 1. The van der Waals surface area contributed by atoms with Gasteiger partial charge in [0.25, 0.3) is 0 Å². The van der Waals surface area contributed by atoms with Gasteiger partial charge in [0.15, 0.2) is 0 Å². The van der Waals surface area contributed by atoms with E-state index in [4.69, 9.17) is 9.47 Å². The van der Waals surface area contributed by atoms with Gasteiger partial charge in [0, 0.05) is 0 Å². The van der Waals surface area contributed by atoms with Crippen LogP contribution >= 0.6 is 0 Å². The highest BCUT2D eigenvalue weighted by Gasteiger charge is 2.37. The Balaban J connectivity index is 2.03. The Hall–Kier alpha value is -2.95. The maximum Gasteiger partial charge on any atom is 0.416 e. The van der Waals surface area contributed by atoms with E-state index in [2.05, 4.69) is 5.32 Å². The summed E-state index contributed by atoms with van der Waals surface area (Å²) >= 11 is 0. The molecule has 0 radical (unpaired) electrons. The van der Waals surface area contributed by atoms with Gasteiger partial charge in [-0.15, -0.1) is 0 Å². The van der Waals surface area contributed by atoms with Crippen LogP contribution in [0.25, 0.3) is 0 Å². The van der Waals surface area contributed by atoms with E-state index in [0.717, 1.165) is 0 Å². The predicted octanol–water partition coefficient (Wildman–Crippen LogP) is 4.74. The van der Waals surface area contributed by atoms with Crippen LogP contribution in [0, 0.1) is 0 Å². The highest BCUT2D eigenvalue weighted by molar-refractivity contribution is 5.67. The quantitative estimate of drug-likeness (QED) is 0.506. The Labute approximate surface area is 167 Å². The lowest BCUT2D eigenvalue weighted by Gasteiger charge is -2.22. The molecule has 1 amide bonds. The molecule has 2 rings (SSSR count). The van der Waals surface area contributed by atoms with Crippen LogP contribution in [-0.4, -0.2) is 23.5 Å². The van der Waals surface area contributed by atoms with Gasteiger partial charge in [-0.25, -0.2) is 4.79 Å². The molecule has 30 heavy (non-hydrogen) atoms. The van der Waals surface area contributed by atoms with Crippen LogP contribution < -0.4 is 10.1 Å². The summed E-state index contributed by atoms with van der Waals surface area (Å²) in [5.74, 6) is -0.865. The van der Waals surface area contributed by atoms with Crippen LogP contribution in [0.5, 0.6) is 5.75 Å². The number of nitrogens with one attached hydrogen (secondary N) is 1. The molecule has 0 aliphatic carbocycles. The third-order valence-corrected chi connectivity index (χ3v) is 3.80. The molecule has 0 spiro atoms. The van der Waals surface area contributed by atoms with Gasteiger partial charge >= 0.3 is 18.4 Å². The molecule has 0 aromatic heterocycles. The Morgan fingerprint density at radius 3 is 2.03 bits per heavy atom.